The molecule has 0 amide bonds. The predicted molar refractivity (Wildman–Crippen MR) is 284 cm³/mol. The van der Waals surface area contributed by atoms with Gasteiger partial charge < -0.3 is 8.83 Å². The minimum atomic E-state index is -0.301. The Hall–Kier alpha value is -7.20. The van der Waals surface area contributed by atoms with E-state index >= 15 is 0 Å². The Balaban J connectivity index is 1.05. The van der Waals surface area contributed by atoms with Gasteiger partial charge in [0.05, 0.1) is 0 Å². The molecule has 0 radical (unpaired) electrons. The van der Waals surface area contributed by atoms with Crippen LogP contribution in [-0.4, -0.2) is 0 Å². The molecule has 0 unspecified atom stereocenters. The van der Waals surface area contributed by atoms with Gasteiger partial charge in [0, 0.05) is 69.2 Å². The summed E-state index contributed by atoms with van der Waals surface area (Å²) in [5.74, 6) is 0. The highest BCUT2D eigenvalue weighted by atomic mass is 32.1. The highest BCUT2D eigenvalue weighted by molar-refractivity contribution is 7.26. The van der Waals surface area contributed by atoms with Crippen molar-refractivity contribution in [3.63, 3.8) is 0 Å². The zero-order valence-corrected chi connectivity index (χ0v) is 39.6. The topological polar surface area (TPSA) is 26.3 Å². The molecule has 0 spiro atoms. The van der Waals surface area contributed by atoms with Crippen molar-refractivity contribution >= 4 is 75.4 Å². The SMILES string of the molecule is CC(C)(C)c1c(-c2cc3c4c(c2)oc2c(-c5ccc6cc5C(C)(C)c5cccc7sc8cccc-6c8c57)ccc(c24)C(C)(C)c2cccc-3c2)ccc2c1oc1c(-c3ccccc3)cccc12. The van der Waals surface area contributed by atoms with Gasteiger partial charge in [-0.1, -0.05) is 176 Å². The zero-order chi connectivity index (χ0) is 45.3. The minimum absolute atomic E-state index is 0.244. The number of thiophene rings is 1. The number of benzene rings is 9. The lowest BCUT2D eigenvalue weighted by atomic mass is 9.70. The summed E-state index contributed by atoms with van der Waals surface area (Å²) in [6.45, 7) is 16.5. The maximum absolute atomic E-state index is 7.51. The molecule has 0 saturated heterocycles. The van der Waals surface area contributed by atoms with E-state index in [0.717, 1.165) is 60.9 Å². The van der Waals surface area contributed by atoms with Crippen molar-refractivity contribution in [1.82, 2.24) is 0 Å². The Kier molecular flexibility index (Phi) is 7.71. The lowest BCUT2D eigenvalue weighted by Gasteiger charge is -2.32. The third-order valence-corrected chi connectivity index (χ3v) is 16.7. The van der Waals surface area contributed by atoms with Gasteiger partial charge in [-0.15, -0.1) is 11.3 Å². The first-order valence-electron chi connectivity index (χ1n) is 23.7. The van der Waals surface area contributed by atoms with E-state index in [1.165, 1.54) is 86.6 Å². The van der Waals surface area contributed by atoms with Crippen LogP contribution in [0.3, 0.4) is 0 Å². The molecule has 3 heterocycles. The van der Waals surface area contributed by atoms with Crippen LogP contribution in [0.1, 0.15) is 76.3 Å². The summed E-state index contributed by atoms with van der Waals surface area (Å²) in [6.07, 6.45) is 0. The van der Waals surface area contributed by atoms with Crippen LogP contribution in [0.25, 0.3) is 120 Å². The van der Waals surface area contributed by atoms with Gasteiger partial charge in [0.25, 0.3) is 0 Å². The second-order valence-corrected chi connectivity index (χ2v) is 22.3. The van der Waals surface area contributed by atoms with Gasteiger partial charge >= 0.3 is 0 Å². The second-order valence-electron chi connectivity index (χ2n) is 21.2. The molecule has 322 valence electrons. The molecule has 0 fully saturated rings. The quantitative estimate of drug-likeness (QED) is 0.177. The van der Waals surface area contributed by atoms with Crippen LogP contribution in [0.2, 0.25) is 0 Å². The van der Waals surface area contributed by atoms with Gasteiger partial charge in [0.15, 0.2) is 0 Å². The average molecular weight is 881 g/mol. The molecular formula is C64H48O2S. The third kappa shape index (κ3) is 5.27. The number of furan rings is 2. The first-order valence-corrected chi connectivity index (χ1v) is 24.5. The van der Waals surface area contributed by atoms with Gasteiger partial charge in [0.1, 0.15) is 22.3 Å². The van der Waals surface area contributed by atoms with E-state index in [-0.39, 0.29) is 16.2 Å². The van der Waals surface area contributed by atoms with Crippen LogP contribution in [0.15, 0.2) is 173 Å². The summed E-state index contributed by atoms with van der Waals surface area (Å²) < 4.78 is 17.3. The summed E-state index contributed by atoms with van der Waals surface area (Å²) in [6, 6.07) is 61.3. The Morgan fingerprint density at radius 3 is 1.91 bits per heavy atom. The molecule has 0 N–H and O–H groups in total. The molecule has 12 aromatic rings. The van der Waals surface area contributed by atoms with E-state index < -0.39 is 0 Å². The smallest absolute Gasteiger partial charge is 0.143 e. The van der Waals surface area contributed by atoms with Gasteiger partial charge in [-0.2, -0.15) is 0 Å². The number of para-hydroxylation sites is 1. The van der Waals surface area contributed by atoms with Gasteiger partial charge in [-0.3, -0.25) is 0 Å². The van der Waals surface area contributed by atoms with Crippen LogP contribution in [0.4, 0.5) is 0 Å². The molecule has 0 aliphatic heterocycles. The molecule has 14 rings (SSSR count). The van der Waals surface area contributed by atoms with E-state index in [1.54, 1.807) is 0 Å². The molecule has 2 aliphatic rings. The van der Waals surface area contributed by atoms with Crippen molar-refractivity contribution in [2.75, 3.05) is 0 Å². The van der Waals surface area contributed by atoms with E-state index in [2.05, 4.69) is 212 Å². The molecule has 2 nitrogen and oxygen atoms in total. The van der Waals surface area contributed by atoms with Crippen LogP contribution in [-0.2, 0) is 16.2 Å². The van der Waals surface area contributed by atoms with Crippen LogP contribution in [0, 0.1) is 0 Å². The molecular weight excluding hydrogens is 833 g/mol. The molecule has 3 aromatic heterocycles. The highest BCUT2D eigenvalue weighted by Gasteiger charge is 2.36. The van der Waals surface area contributed by atoms with Gasteiger partial charge in [-0.25, -0.2) is 0 Å². The van der Waals surface area contributed by atoms with Crippen molar-refractivity contribution < 1.29 is 8.83 Å². The Morgan fingerprint density at radius 1 is 0.388 bits per heavy atom. The van der Waals surface area contributed by atoms with E-state index in [0.29, 0.717) is 0 Å². The summed E-state index contributed by atoms with van der Waals surface area (Å²) >= 11 is 1.91. The number of rotatable bonds is 3. The molecule has 0 atom stereocenters. The van der Waals surface area contributed by atoms with Crippen molar-refractivity contribution in [3.05, 3.63) is 192 Å². The lowest BCUT2D eigenvalue weighted by Crippen LogP contribution is -2.22. The monoisotopic (exact) mass is 880 g/mol. The molecule has 2 aliphatic carbocycles. The summed E-state index contributed by atoms with van der Waals surface area (Å²) in [5, 5.41) is 7.41. The van der Waals surface area contributed by atoms with Crippen molar-refractivity contribution in [2.24, 2.45) is 0 Å². The first-order chi connectivity index (χ1) is 32.4. The third-order valence-electron chi connectivity index (χ3n) is 15.6. The summed E-state index contributed by atoms with van der Waals surface area (Å²) in [7, 11) is 0. The normalized spacial score (nSPS) is 14.7. The van der Waals surface area contributed by atoms with E-state index in [1.807, 2.05) is 11.3 Å². The van der Waals surface area contributed by atoms with E-state index in [9.17, 15) is 0 Å². The number of hydrogen-bond acceptors (Lipinski definition) is 3. The maximum Gasteiger partial charge on any atom is 0.143 e. The van der Waals surface area contributed by atoms with Crippen LogP contribution in [0.5, 0.6) is 0 Å². The van der Waals surface area contributed by atoms with Crippen molar-refractivity contribution in [3.8, 4) is 55.6 Å². The average Bonchev–Trinajstić information content (AvgIpc) is 4.04. The predicted octanol–water partition coefficient (Wildman–Crippen LogP) is 18.8. The molecule has 0 saturated carbocycles. The summed E-state index contributed by atoms with van der Waals surface area (Å²) in [5.41, 5.74) is 21.1. The van der Waals surface area contributed by atoms with Gasteiger partial charge in [-0.05, 0) is 109 Å². The largest absolute Gasteiger partial charge is 0.455 e. The lowest BCUT2D eigenvalue weighted by molar-refractivity contribution is 0.574. The van der Waals surface area contributed by atoms with Crippen molar-refractivity contribution in [2.45, 2.75) is 64.7 Å². The Labute approximate surface area is 394 Å². The first kappa shape index (κ1) is 39.0. The fourth-order valence-electron chi connectivity index (χ4n) is 12.3. The zero-order valence-electron chi connectivity index (χ0n) is 38.8. The Morgan fingerprint density at radius 2 is 1.07 bits per heavy atom. The highest BCUT2D eigenvalue weighted by Crippen LogP contribution is 2.55. The Bertz CT molecular complexity index is 4120. The molecule has 67 heavy (non-hydrogen) atoms. The molecule has 9 aromatic carbocycles. The molecule has 3 heteroatoms. The van der Waals surface area contributed by atoms with Gasteiger partial charge in [0.2, 0.25) is 0 Å². The fraction of sp³-hybridized carbons (Fsp3) is 0.156. The standard InChI is InChI=1S/C64H48O2S/c1-62(2,3)58-41(27-28-46-44-21-12-20-42(59(44)66-61(46)58)35-15-9-8-10-16-35)38-32-47-36-17-11-18-39(31-36)63(4,5)49-30-29-45(60-57(49)54(47)51(34-38)65-60)43-26-25-37-33-50(43)64(6,7)48-22-14-24-53-56(48)55-40(37)19-13-23-52(55)67-53/h8-34H,1-7H3. The second kappa shape index (κ2) is 13.2. The van der Waals surface area contributed by atoms with Crippen molar-refractivity contribution in [1.29, 1.82) is 0 Å². The minimum Gasteiger partial charge on any atom is -0.455 e. The maximum atomic E-state index is 7.51. The number of fused-ring (bicyclic) bond motifs is 9. The van der Waals surface area contributed by atoms with Crippen LogP contribution < -0.4 is 0 Å². The number of hydrogen-bond donors (Lipinski definition) is 0. The van der Waals surface area contributed by atoms with Crippen LogP contribution >= 0.6 is 11.3 Å². The molecule has 4 bridgehead atoms. The fourth-order valence-corrected chi connectivity index (χ4v) is 13.4. The summed E-state index contributed by atoms with van der Waals surface area (Å²) in [4.78, 5) is 0. The van der Waals surface area contributed by atoms with E-state index in [4.69, 9.17) is 8.83 Å².